The maximum atomic E-state index is 12.8. The summed E-state index contributed by atoms with van der Waals surface area (Å²) in [6.07, 6.45) is 0. The Labute approximate surface area is 84.8 Å². The lowest BCUT2D eigenvalue weighted by Gasteiger charge is -2.06. The summed E-state index contributed by atoms with van der Waals surface area (Å²) in [5.41, 5.74) is 5.19. The first-order valence-electron chi connectivity index (χ1n) is 3.32. The van der Waals surface area contributed by atoms with Gasteiger partial charge >= 0.3 is 5.97 Å². The third-order valence-corrected chi connectivity index (χ3v) is 2.50. The van der Waals surface area contributed by atoms with Crippen LogP contribution in [0, 0.1) is 5.82 Å². The zero-order valence-electron chi connectivity index (χ0n) is 6.57. The van der Waals surface area contributed by atoms with Gasteiger partial charge in [-0.3, -0.25) is 4.79 Å². The number of nitrogens with two attached hydrogens (primary N) is 1. The van der Waals surface area contributed by atoms with Crippen LogP contribution in [0.2, 0.25) is 0 Å². The third-order valence-electron chi connectivity index (χ3n) is 1.50. The summed E-state index contributed by atoms with van der Waals surface area (Å²) in [4.78, 5) is 10.7. The minimum Gasteiger partial charge on any atom is -0.481 e. The minimum atomic E-state index is -1.08. The molecule has 1 aromatic rings. The lowest BCUT2D eigenvalue weighted by atomic mass is 10.1. The Morgan fingerprint density at radius 1 is 1.77 bits per heavy atom. The van der Waals surface area contributed by atoms with Gasteiger partial charge in [-0.2, -0.15) is 0 Å². The van der Waals surface area contributed by atoms with Crippen molar-refractivity contribution in [2.24, 2.45) is 5.73 Å². The van der Waals surface area contributed by atoms with Crippen molar-refractivity contribution in [2.75, 3.05) is 6.54 Å². The zero-order valence-corrected chi connectivity index (χ0v) is 8.20. The lowest BCUT2D eigenvalue weighted by Crippen LogP contribution is -2.20. The lowest BCUT2D eigenvalue weighted by molar-refractivity contribution is -0.138. The third kappa shape index (κ3) is 2.65. The SMILES string of the molecule is Cl.NCC(C(=O)O)c1sccc1F. The monoisotopic (exact) mass is 225 g/mol. The highest BCUT2D eigenvalue weighted by Crippen LogP contribution is 2.24. The maximum absolute atomic E-state index is 12.8. The van der Waals surface area contributed by atoms with E-state index >= 15 is 0 Å². The van der Waals surface area contributed by atoms with Gasteiger partial charge in [-0.05, 0) is 11.4 Å². The number of carboxylic acids is 1. The number of carbonyl (C=O) groups is 1. The van der Waals surface area contributed by atoms with E-state index in [2.05, 4.69) is 0 Å². The summed E-state index contributed by atoms with van der Waals surface area (Å²) >= 11 is 1.07. The molecular weight excluding hydrogens is 217 g/mol. The number of hydrogen-bond acceptors (Lipinski definition) is 3. The van der Waals surface area contributed by atoms with E-state index in [9.17, 15) is 9.18 Å². The molecule has 0 fully saturated rings. The van der Waals surface area contributed by atoms with Crippen molar-refractivity contribution < 1.29 is 14.3 Å². The van der Waals surface area contributed by atoms with Crippen LogP contribution in [0.4, 0.5) is 4.39 Å². The Kier molecular flexibility index (Phi) is 4.90. The van der Waals surface area contributed by atoms with Gasteiger partial charge in [-0.15, -0.1) is 23.7 Å². The molecule has 13 heavy (non-hydrogen) atoms. The van der Waals surface area contributed by atoms with Gasteiger partial charge in [0.15, 0.2) is 0 Å². The van der Waals surface area contributed by atoms with Crippen molar-refractivity contribution in [3.8, 4) is 0 Å². The molecule has 3 nitrogen and oxygen atoms in total. The molecule has 3 N–H and O–H groups in total. The van der Waals surface area contributed by atoms with Crippen molar-refractivity contribution in [2.45, 2.75) is 5.92 Å². The number of aliphatic carboxylic acids is 1. The second kappa shape index (κ2) is 5.16. The quantitative estimate of drug-likeness (QED) is 0.818. The number of halogens is 2. The van der Waals surface area contributed by atoms with E-state index in [1.165, 1.54) is 11.4 Å². The Morgan fingerprint density at radius 3 is 2.69 bits per heavy atom. The summed E-state index contributed by atoms with van der Waals surface area (Å²) in [5, 5.41) is 10.1. The molecule has 0 radical (unpaired) electrons. The van der Waals surface area contributed by atoms with Crippen molar-refractivity contribution >= 4 is 29.7 Å². The van der Waals surface area contributed by atoms with Gasteiger partial charge in [0.1, 0.15) is 11.7 Å². The summed E-state index contributed by atoms with van der Waals surface area (Å²) in [6.45, 7) is -0.0766. The molecule has 0 spiro atoms. The molecule has 1 atom stereocenters. The maximum Gasteiger partial charge on any atom is 0.313 e. The van der Waals surface area contributed by atoms with Crippen molar-refractivity contribution in [1.82, 2.24) is 0 Å². The molecule has 6 heteroatoms. The summed E-state index contributed by atoms with van der Waals surface area (Å²) in [5.74, 6) is -2.48. The van der Waals surface area contributed by atoms with Gasteiger partial charge in [-0.25, -0.2) is 4.39 Å². The van der Waals surface area contributed by atoms with Crippen molar-refractivity contribution in [1.29, 1.82) is 0 Å². The fraction of sp³-hybridized carbons (Fsp3) is 0.286. The topological polar surface area (TPSA) is 63.3 Å². The molecule has 0 aliphatic carbocycles. The first-order valence-corrected chi connectivity index (χ1v) is 4.20. The highest BCUT2D eigenvalue weighted by molar-refractivity contribution is 7.10. The average molecular weight is 226 g/mol. The predicted molar refractivity (Wildman–Crippen MR) is 51.0 cm³/mol. The molecule has 0 saturated heterocycles. The fourth-order valence-corrected chi connectivity index (χ4v) is 1.75. The Balaban J connectivity index is 0.00000144. The van der Waals surface area contributed by atoms with Gasteiger partial charge in [-0.1, -0.05) is 0 Å². The summed E-state index contributed by atoms with van der Waals surface area (Å²) in [6, 6.07) is 1.24. The van der Waals surface area contributed by atoms with Crippen LogP contribution >= 0.6 is 23.7 Å². The normalized spacial score (nSPS) is 11.8. The largest absolute Gasteiger partial charge is 0.481 e. The molecule has 1 heterocycles. The summed E-state index contributed by atoms with van der Waals surface area (Å²) < 4.78 is 12.8. The van der Waals surface area contributed by atoms with Crippen LogP contribution in [0.25, 0.3) is 0 Å². The molecule has 0 aliphatic heterocycles. The highest BCUT2D eigenvalue weighted by Gasteiger charge is 2.22. The van der Waals surface area contributed by atoms with E-state index in [0.29, 0.717) is 0 Å². The van der Waals surface area contributed by atoms with Crippen LogP contribution in [0.3, 0.4) is 0 Å². The van der Waals surface area contributed by atoms with Crippen LogP contribution in [-0.2, 0) is 4.79 Å². The van der Waals surface area contributed by atoms with E-state index in [1.54, 1.807) is 0 Å². The van der Waals surface area contributed by atoms with E-state index in [-0.39, 0.29) is 23.8 Å². The van der Waals surface area contributed by atoms with Gasteiger partial charge in [0.2, 0.25) is 0 Å². The predicted octanol–water partition coefficient (Wildman–Crippen LogP) is 1.44. The first kappa shape index (κ1) is 12.3. The summed E-state index contributed by atoms with van der Waals surface area (Å²) in [7, 11) is 0. The zero-order chi connectivity index (χ0) is 9.14. The average Bonchev–Trinajstić information content (AvgIpc) is 2.38. The fourth-order valence-electron chi connectivity index (χ4n) is 0.874. The van der Waals surface area contributed by atoms with Crippen molar-refractivity contribution in [3.63, 3.8) is 0 Å². The van der Waals surface area contributed by atoms with Crippen LogP contribution in [-0.4, -0.2) is 17.6 Å². The molecule has 74 valence electrons. The molecule has 0 saturated carbocycles. The van der Waals surface area contributed by atoms with E-state index in [0.717, 1.165) is 11.3 Å². The van der Waals surface area contributed by atoms with Gasteiger partial charge < -0.3 is 10.8 Å². The van der Waals surface area contributed by atoms with E-state index < -0.39 is 17.7 Å². The molecule has 0 amide bonds. The van der Waals surface area contributed by atoms with Crippen LogP contribution in [0.1, 0.15) is 10.8 Å². The van der Waals surface area contributed by atoms with E-state index in [4.69, 9.17) is 10.8 Å². The number of carboxylic acid groups (broad SMARTS) is 1. The Morgan fingerprint density at radius 2 is 2.38 bits per heavy atom. The number of rotatable bonds is 3. The molecule has 0 aliphatic rings. The molecule has 1 aromatic heterocycles. The van der Waals surface area contributed by atoms with Crippen molar-refractivity contribution in [3.05, 3.63) is 22.1 Å². The molecule has 0 aromatic carbocycles. The van der Waals surface area contributed by atoms with Gasteiger partial charge in [0.25, 0.3) is 0 Å². The number of hydrogen-bond donors (Lipinski definition) is 2. The second-order valence-corrected chi connectivity index (χ2v) is 3.21. The van der Waals surface area contributed by atoms with Crippen LogP contribution in [0.15, 0.2) is 11.4 Å². The minimum absolute atomic E-state index is 0. The highest BCUT2D eigenvalue weighted by atomic mass is 35.5. The number of thiophene rings is 1. The van der Waals surface area contributed by atoms with Crippen LogP contribution < -0.4 is 5.73 Å². The molecular formula is C7H9ClFNO2S. The Bertz CT molecular complexity index is 292. The Hall–Kier alpha value is -0.650. The van der Waals surface area contributed by atoms with Crippen LogP contribution in [0.5, 0.6) is 0 Å². The second-order valence-electron chi connectivity index (χ2n) is 2.26. The molecule has 1 rings (SSSR count). The molecule has 0 bridgehead atoms. The van der Waals surface area contributed by atoms with Gasteiger partial charge in [0, 0.05) is 6.54 Å². The van der Waals surface area contributed by atoms with Gasteiger partial charge in [0.05, 0.1) is 4.88 Å². The molecule has 1 unspecified atom stereocenters. The first-order chi connectivity index (χ1) is 5.66. The smallest absolute Gasteiger partial charge is 0.313 e. The standard InChI is InChI=1S/C7H8FNO2S.ClH/c8-5-1-2-12-6(5)4(3-9)7(10)11;/h1-2,4H,3,9H2,(H,10,11);1H. The van der Waals surface area contributed by atoms with E-state index in [1.807, 2.05) is 0 Å².